The Morgan fingerprint density at radius 3 is 2.40 bits per heavy atom. The topological polar surface area (TPSA) is 26.3 Å². The largest absolute Gasteiger partial charge is 0.460 e. The molecule has 0 aliphatic rings. The molecule has 15 heavy (non-hydrogen) atoms. The van der Waals surface area contributed by atoms with Gasteiger partial charge in [-0.15, -0.1) is 0 Å². The summed E-state index contributed by atoms with van der Waals surface area (Å²) in [5.74, 6) is -0.179. The molecule has 0 N–H and O–H groups in total. The van der Waals surface area contributed by atoms with Crippen molar-refractivity contribution >= 4 is 5.97 Å². The molecule has 0 saturated heterocycles. The maximum atomic E-state index is 11.6. The Labute approximate surface area is 92.3 Å². The SMILES string of the molecule is C=C/C=C(\C=C)COC(=O)C(C)(C)CC. The highest BCUT2D eigenvalue weighted by Crippen LogP contribution is 2.21. The average Bonchev–Trinajstić information content (AvgIpc) is 2.23. The normalized spacial score (nSPS) is 12.1. The van der Waals surface area contributed by atoms with Crippen molar-refractivity contribution in [3.05, 3.63) is 37.0 Å². The van der Waals surface area contributed by atoms with Gasteiger partial charge in [0.2, 0.25) is 0 Å². The summed E-state index contributed by atoms with van der Waals surface area (Å²) in [4.78, 5) is 11.6. The molecule has 0 aromatic rings. The molecule has 0 amide bonds. The second-order valence-corrected chi connectivity index (χ2v) is 3.99. The van der Waals surface area contributed by atoms with E-state index in [1.807, 2.05) is 20.8 Å². The van der Waals surface area contributed by atoms with E-state index in [0.29, 0.717) is 0 Å². The third-order valence-electron chi connectivity index (χ3n) is 2.40. The highest BCUT2D eigenvalue weighted by atomic mass is 16.5. The molecule has 0 heterocycles. The third kappa shape index (κ3) is 4.63. The van der Waals surface area contributed by atoms with Crippen LogP contribution in [-0.4, -0.2) is 12.6 Å². The number of carbonyl (C=O) groups excluding carboxylic acids is 1. The fourth-order valence-corrected chi connectivity index (χ4v) is 0.815. The lowest BCUT2D eigenvalue weighted by molar-refractivity contribution is -0.152. The van der Waals surface area contributed by atoms with E-state index in [1.54, 1.807) is 18.2 Å². The number of ether oxygens (including phenoxy) is 1. The number of esters is 1. The Morgan fingerprint density at radius 1 is 1.40 bits per heavy atom. The van der Waals surface area contributed by atoms with E-state index in [1.165, 1.54) is 0 Å². The Kier molecular flexibility index (Phi) is 5.68. The van der Waals surface area contributed by atoms with Gasteiger partial charge in [-0.25, -0.2) is 0 Å². The molecule has 2 nitrogen and oxygen atoms in total. The molecule has 0 unspecified atom stereocenters. The van der Waals surface area contributed by atoms with Crippen LogP contribution in [0.4, 0.5) is 0 Å². The van der Waals surface area contributed by atoms with Crippen molar-refractivity contribution in [2.45, 2.75) is 27.2 Å². The number of rotatable bonds is 6. The van der Waals surface area contributed by atoms with Crippen LogP contribution in [0.1, 0.15) is 27.2 Å². The summed E-state index contributed by atoms with van der Waals surface area (Å²) in [7, 11) is 0. The summed E-state index contributed by atoms with van der Waals surface area (Å²) in [5, 5.41) is 0. The van der Waals surface area contributed by atoms with Crippen LogP contribution in [0.3, 0.4) is 0 Å². The van der Waals surface area contributed by atoms with Crippen molar-refractivity contribution in [1.82, 2.24) is 0 Å². The molecule has 0 aromatic heterocycles. The molecule has 0 aromatic carbocycles. The van der Waals surface area contributed by atoms with Gasteiger partial charge in [0.25, 0.3) is 0 Å². The van der Waals surface area contributed by atoms with Gasteiger partial charge in [0.15, 0.2) is 0 Å². The standard InChI is InChI=1S/C13H20O2/c1-6-9-11(7-2)10-15-12(14)13(4,5)8-3/h6-7,9H,1-2,8,10H2,3-5H3/b11-9+. The summed E-state index contributed by atoms with van der Waals surface area (Å²) in [6.07, 6.45) is 5.85. The van der Waals surface area contributed by atoms with Gasteiger partial charge in [0, 0.05) is 0 Å². The van der Waals surface area contributed by atoms with E-state index in [0.717, 1.165) is 12.0 Å². The lowest BCUT2D eigenvalue weighted by atomic mass is 9.91. The molecule has 0 spiro atoms. The molecule has 0 aliphatic heterocycles. The zero-order valence-corrected chi connectivity index (χ0v) is 9.88. The minimum Gasteiger partial charge on any atom is -0.460 e. The summed E-state index contributed by atoms with van der Waals surface area (Å²) in [5.41, 5.74) is 0.436. The van der Waals surface area contributed by atoms with Crippen molar-refractivity contribution in [3.8, 4) is 0 Å². The van der Waals surface area contributed by atoms with E-state index in [4.69, 9.17) is 4.74 Å². The van der Waals surface area contributed by atoms with Gasteiger partial charge in [-0.1, -0.05) is 38.3 Å². The second-order valence-electron chi connectivity index (χ2n) is 3.99. The molecular formula is C13H20O2. The number of carbonyl (C=O) groups is 1. The van der Waals surface area contributed by atoms with E-state index in [2.05, 4.69) is 13.2 Å². The molecule has 0 bridgehead atoms. The first-order chi connectivity index (χ1) is 6.97. The minimum atomic E-state index is -0.416. The number of hydrogen-bond donors (Lipinski definition) is 0. The smallest absolute Gasteiger partial charge is 0.311 e. The van der Waals surface area contributed by atoms with Crippen molar-refractivity contribution in [2.75, 3.05) is 6.61 Å². The molecular weight excluding hydrogens is 188 g/mol. The fraction of sp³-hybridized carbons (Fsp3) is 0.462. The van der Waals surface area contributed by atoms with Crippen molar-refractivity contribution in [3.63, 3.8) is 0 Å². The average molecular weight is 208 g/mol. The molecule has 0 aliphatic carbocycles. The highest BCUT2D eigenvalue weighted by molar-refractivity contribution is 5.76. The minimum absolute atomic E-state index is 0.179. The molecule has 0 radical (unpaired) electrons. The molecule has 0 atom stereocenters. The van der Waals surface area contributed by atoms with Crippen molar-refractivity contribution < 1.29 is 9.53 Å². The third-order valence-corrected chi connectivity index (χ3v) is 2.40. The van der Waals surface area contributed by atoms with Gasteiger partial charge >= 0.3 is 5.97 Å². The second kappa shape index (κ2) is 6.23. The Hall–Kier alpha value is -1.31. The predicted molar refractivity (Wildman–Crippen MR) is 63.5 cm³/mol. The van der Waals surface area contributed by atoms with Crippen LogP contribution in [0.5, 0.6) is 0 Å². The van der Waals surface area contributed by atoms with Crippen LogP contribution in [-0.2, 0) is 9.53 Å². The van der Waals surface area contributed by atoms with Gasteiger partial charge < -0.3 is 4.74 Å². The molecule has 0 fully saturated rings. The van der Waals surface area contributed by atoms with E-state index in [9.17, 15) is 4.79 Å². The quantitative estimate of drug-likeness (QED) is 0.494. The maximum Gasteiger partial charge on any atom is 0.311 e. The zero-order valence-electron chi connectivity index (χ0n) is 9.88. The number of allylic oxidation sites excluding steroid dienone is 2. The van der Waals surface area contributed by atoms with E-state index in [-0.39, 0.29) is 12.6 Å². The van der Waals surface area contributed by atoms with E-state index < -0.39 is 5.41 Å². The Morgan fingerprint density at radius 2 is 2.00 bits per heavy atom. The van der Waals surface area contributed by atoms with Gasteiger partial charge in [0.1, 0.15) is 6.61 Å². The van der Waals surface area contributed by atoms with Crippen LogP contribution in [0.2, 0.25) is 0 Å². The van der Waals surface area contributed by atoms with Crippen LogP contribution in [0.25, 0.3) is 0 Å². The molecule has 84 valence electrons. The monoisotopic (exact) mass is 208 g/mol. The van der Waals surface area contributed by atoms with Crippen LogP contribution in [0.15, 0.2) is 37.0 Å². The van der Waals surface area contributed by atoms with E-state index >= 15 is 0 Å². The number of hydrogen-bond acceptors (Lipinski definition) is 2. The van der Waals surface area contributed by atoms with Crippen LogP contribution in [0, 0.1) is 5.41 Å². The first-order valence-corrected chi connectivity index (χ1v) is 5.09. The Bertz CT molecular complexity index is 272. The molecule has 0 rings (SSSR count). The highest BCUT2D eigenvalue weighted by Gasteiger charge is 2.26. The van der Waals surface area contributed by atoms with Crippen molar-refractivity contribution in [2.24, 2.45) is 5.41 Å². The predicted octanol–water partition coefficient (Wildman–Crippen LogP) is 3.26. The Balaban J connectivity index is 4.27. The first-order valence-electron chi connectivity index (χ1n) is 5.09. The zero-order chi connectivity index (χ0) is 11.9. The van der Waals surface area contributed by atoms with Gasteiger partial charge in [0.05, 0.1) is 5.41 Å². The fourth-order valence-electron chi connectivity index (χ4n) is 0.815. The summed E-state index contributed by atoms with van der Waals surface area (Å²) >= 11 is 0. The first kappa shape index (κ1) is 13.7. The van der Waals surface area contributed by atoms with Crippen LogP contribution >= 0.6 is 0 Å². The lowest BCUT2D eigenvalue weighted by Gasteiger charge is -2.20. The lowest BCUT2D eigenvalue weighted by Crippen LogP contribution is -2.26. The summed E-state index contributed by atoms with van der Waals surface area (Å²) in [6.45, 7) is 13.2. The van der Waals surface area contributed by atoms with Crippen molar-refractivity contribution in [1.29, 1.82) is 0 Å². The van der Waals surface area contributed by atoms with Gasteiger partial charge in [-0.3, -0.25) is 4.79 Å². The molecule has 0 saturated carbocycles. The summed E-state index contributed by atoms with van der Waals surface area (Å²) < 4.78 is 5.18. The maximum absolute atomic E-state index is 11.6. The summed E-state index contributed by atoms with van der Waals surface area (Å²) in [6, 6.07) is 0. The molecule has 2 heteroatoms. The van der Waals surface area contributed by atoms with Gasteiger partial charge in [-0.2, -0.15) is 0 Å². The van der Waals surface area contributed by atoms with Gasteiger partial charge in [-0.05, 0) is 25.8 Å². The van der Waals surface area contributed by atoms with Crippen LogP contribution < -0.4 is 0 Å².